The van der Waals surface area contributed by atoms with E-state index in [2.05, 4.69) is 15.4 Å². The zero-order valence-corrected chi connectivity index (χ0v) is 15.6. The summed E-state index contributed by atoms with van der Waals surface area (Å²) in [5.41, 5.74) is 2.09. The Kier molecular flexibility index (Phi) is 5.29. The number of nitrogens with one attached hydrogen (secondary N) is 3. The number of hydrogen-bond acceptors (Lipinski definition) is 4. The highest BCUT2D eigenvalue weighted by Crippen LogP contribution is 2.21. The van der Waals surface area contributed by atoms with Crippen molar-refractivity contribution in [2.45, 2.75) is 18.7 Å². The van der Waals surface area contributed by atoms with Crippen molar-refractivity contribution < 1.29 is 13.2 Å². The van der Waals surface area contributed by atoms with Crippen LogP contribution in [0.15, 0.2) is 53.4 Å². The minimum atomic E-state index is -3.63. The van der Waals surface area contributed by atoms with E-state index in [0.29, 0.717) is 17.3 Å². The molecule has 7 heteroatoms. The highest BCUT2D eigenvalue weighted by atomic mass is 32.2. The third-order valence-corrected chi connectivity index (χ3v) is 6.07. The van der Waals surface area contributed by atoms with Crippen molar-refractivity contribution in [2.75, 3.05) is 23.1 Å². The van der Waals surface area contributed by atoms with E-state index in [4.69, 9.17) is 0 Å². The number of aryl methyl sites for hydroxylation is 1. The molecule has 6 nitrogen and oxygen atoms in total. The topological polar surface area (TPSA) is 87.3 Å². The fraction of sp³-hybridized carbons (Fsp3) is 0.316. The minimum absolute atomic E-state index is 0.0236. The van der Waals surface area contributed by atoms with Gasteiger partial charge >= 0.3 is 0 Å². The highest BCUT2D eigenvalue weighted by molar-refractivity contribution is 7.92. The third kappa shape index (κ3) is 4.23. The maximum absolute atomic E-state index is 12.4. The maximum atomic E-state index is 12.4. The molecule has 3 N–H and O–H groups in total. The second-order valence-electron chi connectivity index (χ2n) is 6.69. The number of sulfonamides is 1. The Morgan fingerprint density at radius 3 is 2.15 bits per heavy atom. The third-order valence-electron chi connectivity index (χ3n) is 4.67. The first kappa shape index (κ1) is 18.4. The summed E-state index contributed by atoms with van der Waals surface area (Å²) in [6.07, 6.45) is 0. The zero-order valence-electron chi connectivity index (χ0n) is 14.8. The van der Waals surface area contributed by atoms with Crippen LogP contribution in [0, 0.1) is 18.8 Å². The molecule has 0 aromatic heterocycles. The number of carbonyl (C=O) groups is 1. The summed E-state index contributed by atoms with van der Waals surface area (Å²) in [7, 11) is -3.63. The molecule has 2 aromatic rings. The number of rotatable bonds is 6. The first-order valence-electron chi connectivity index (χ1n) is 8.56. The molecule has 1 fully saturated rings. The molecule has 1 aliphatic heterocycles. The summed E-state index contributed by atoms with van der Waals surface area (Å²) in [4.78, 5) is 12.4. The van der Waals surface area contributed by atoms with Gasteiger partial charge in [0.05, 0.1) is 4.90 Å². The number of amides is 1. The first-order valence-corrected chi connectivity index (χ1v) is 10.0. The average Bonchev–Trinajstić information content (AvgIpc) is 2.55. The van der Waals surface area contributed by atoms with E-state index in [9.17, 15) is 13.2 Å². The van der Waals surface area contributed by atoms with Gasteiger partial charge in [-0.05, 0) is 62.3 Å². The quantitative estimate of drug-likeness (QED) is 0.726. The van der Waals surface area contributed by atoms with E-state index < -0.39 is 10.0 Å². The fourth-order valence-corrected chi connectivity index (χ4v) is 3.75. The number of anilines is 2. The van der Waals surface area contributed by atoms with Crippen molar-refractivity contribution >= 4 is 27.3 Å². The predicted molar refractivity (Wildman–Crippen MR) is 103 cm³/mol. The molecule has 0 spiro atoms. The molecule has 0 radical (unpaired) electrons. The summed E-state index contributed by atoms with van der Waals surface area (Å²) < 4.78 is 27.3. The van der Waals surface area contributed by atoms with Crippen molar-refractivity contribution in [2.24, 2.45) is 11.8 Å². The lowest BCUT2D eigenvalue weighted by atomic mass is 9.88. The Morgan fingerprint density at radius 2 is 1.62 bits per heavy atom. The first-order chi connectivity index (χ1) is 12.3. The summed E-state index contributed by atoms with van der Waals surface area (Å²) in [5, 5.41) is 6.04. The van der Waals surface area contributed by atoms with Crippen LogP contribution in [0.1, 0.15) is 12.5 Å². The van der Waals surface area contributed by atoms with Gasteiger partial charge in [-0.1, -0.05) is 24.6 Å². The van der Waals surface area contributed by atoms with Gasteiger partial charge in [-0.3, -0.25) is 9.52 Å². The van der Waals surface area contributed by atoms with Crippen molar-refractivity contribution in [3.8, 4) is 0 Å². The van der Waals surface area contributed by atoms with Crippen LogP contribution in [0.25, 0.3) is 0 Å². The Bertz CT molecular complexity index is 873. The van der Waals surface area contributed by atoms with E-state index in [1.165, 1.54) is 0 Å². The number of carbonyl (C=O) groups excluding carboxylic acids is 1. The molecule has 138 valence electrons. The average molecular weight is 373 g/mol. The summed E-state index contributed by atoms with van der Waals surface area (Å²) in [6, 6.07) is 13.3. The van der Waals surface area contributed by atoms with Crippen molar-refractivity contribution in [1.29, 1.82) is 0 Å². The molecule has 0 aliphatic carbocycles. The zero-order chi connectivity index (χ0) is 18.7. The lowest BCUT2D eigenvalue weighted by Gasteiger charge is -2.31. The molecule has 1 unspecified atom stereocenters. The van der Waals surface area contributed by atoms with Crippen molar-refractivity contribution in [1.82, 2.24) is 5.32 Å². The number of benzene rings is 2. The molecular formula is C19H23N3O3S. The number of hydrogen-bond donors (Lipinski definition) is 3. The normalized spacial score (nSPS) is 15.8. The molecule has 3 rings (SSSR count). The highest BCUT2D eigenvalue weighted by Gasteiger charge is 2.28. The Morgan fingerprint density at radius 1 is 1.04 bits per heavy atom. The van der Waals surface area contributed by atoms with Crippen LogP contribution in [-0.2, 0) is 14.8 Å². The van der Waals surface area contributed by atoms with Crippen LogP contribution in [0.2, 0.25) is 0 Å². The molecule has 1 amide bonds. The van der Waals surface area contributed by atoms with Gasteiger partial charge in [-0.15, -0.1) is 0 Å². The van der Waals surface area contributed by atoms with Crippen LogP contribution in [0.5, 0.6) is 0 Å². The SMILES string of the molecule is Cc1ccc(S(=O)(=O)Nc2ccc(NC(=O)C(C)C3CNC3)cc2)cc1. The van der Waals surface area contributed by atoms with Crippen LogP contribution >= 0.6 is 0 Å². The van der Waals surface area contributed by atoms with E-state index in [1.807, 2.05) is 13.8 Å². The summed E-state index contributed by atoms with van der Waals surface area (Å²) in [6.45, 7) is 5.56. The van der Waals surface area contributed by atoms with Gasteiger partial charge in [0.1, 0.15) is 0 Å². The van der Waals surface area contributed by atoms with Gasteiger partial charge in [0, 0.05) is 17.3 Å². The molecule has 1 saturated heterocycles. The van der Waals surface area contributed by atoms with Gasteiger partial charge in [0.2, 0.25) is 5.91 Å². The smallest absolute Gasteiger partial charge is 0.261 e. The van der Waals surface area contributed by atoms with Crippen molar-refractivity contribution in [3.05, 3.63) is 54.1 Å². The molecular weight excluding hydrogens is 350 g/mol. The van der Waals surface area contributed by atoms with Gasteiger partial charge in [-0.2, -0.15) is 0 Å². The van der Waals surface area contributed by atoms with E-state index in [-0.39, 0.29) is 16.7 Å². The molecule has 1 heterocycles. The lowest BCUT2D eigenvalue weighted by Crippen LogP contribution is -2.48. The molecule has 1 aliphatic rings. The van der Waals surface area contributed by atoms with Crippen LogP contribution in [-0.4, -0.2) is 27.4 Å². The van der Waals surface area contributed by atoms with Gasteiger partial charge in [-0.25, -0.2) is 8.42 Å². The Labute approximate surface area is 154 Å². The fourth-order valence-electron chi connectivity index (χ4n) is 2.69. The molecule has 0 saturated carbocycles. The largest absolute Gasteiger partial charge is 0.326 e. The Hall–Kier alpha value is -2.38. The van der Waals surface area contributed by atoms with Crippen LogP contribution < -0.4 is 15.4 Å². The van der Waals surface area contributed by atoms with Crippen LogP contribution in [0.3, 0.4) is 0 Å². The van der Waals surface area contributed by atoms with Gasteiger partial charge < -0.3 is 10.6 Å². The van der Waals surface area contributed by atoms with Gasteiger partial charge in [0.25, 0.3) is 10.0 Å². The molecule has 2 aromatic carbocycles. The van der Waals surface area contributed by atoms with E-state index in [0.717, 1.165) is 18.7 Å². The van der Waals surface area contributed by atoms with Gasteiger partial charge in [0.15, 0.2) is 0 Å². The van der Waals surface area contributed by atoms with Crippen LogP contribution in [0.4, 0.5) is 11.4 Å². The Balaban J connectivity index is 1.63. The maximum Gasteiger partial charge on any atom is 0.261 e. The monoisotopic (exact) mass is 373 g/mol. The minimum Gasteiger partial charge on any atom is -0.326 e. The second kappa shape index (κ2) is 7.47. The van der Waals surface area contributed by atoms with E-state index in [1.54, 1.807) is 48.5 Å². The molecule has 26 heavy (non-hydrogen) atoms. The lowest BCUT2D eigenvalue weighted by molar-refractivity contribution is -0.121. The standard InChI is InChI=1S/C19H23N3O3S/c1-13-3-9-18(10-4-13)26(24,25)22-17-7-5-16(6-8-17)21-19(23)14(2)15-11-20-12-15/h3-10,14-15,20,22H,11-12H2,1-2H3,(H,21,23). The van der Waals surface area contributed by atoms with Crippen molar-refractivity contribution in [3.63, 3.8) is 0 Å². The molecule has 0 bridgehead atoms. The second-order valence-corrected chi connectivity index (χ2v) is 8.37. The molecule has 1 atom stereocenters. The summed E-state index contributed by atoms with van der Waals surface area (Å²) in [5.74, 6) is 0.288. The van der Waals surface area contributed by atoms with E-state index >= 15 is 0 Å². The predicted octanol–water partition coefficient (Wildman–Crippen LogP) is 2.59. The summed E-state index contributed by atoms with van der Waals surface area (Å²) >= 11 is 0.